The van der Waals surface area contributed by atoms with E-state index in [9.17, 15) is 14.4 Å². The molecule has 6 nitrogen and oxygen atoms in total. The van der Waals surface area contributed by atoms with Crippen molar-refractivity contribution in [2.75, 3.05) is 13.2 Å². The van der Waals surface area contributed by atoms with Crippen molar-refractivity contribution in [3.8, 4) is 0 Å². The van der Waals surface area contributed by atoms with Crippen LogP contribution in [0.3, 0.4) is 0 Å². The summed E-state index contributed by atoms with van der Waals surface area (Å²) in [6, 6.07) is 0. The second kappa shape index (κ2) is 51.7. The Bertz CT molecular complexity index is 1340. The Morgan fingerprint density at radius 1 is 0.344 bits per heavy atom. The van der Waals surface area contributed by atoms with Gasteiger partial charge in [-0.1, -0.05) is 233 Å². The quantitative estimate of drug-likeness (QED) is 0.0199. The molecular weight excluding hydrogens is 793 g/mol. The van der Waals surface area contributed by atoms with Crippen LogP contribution in [-0.2, 0) is 28.6 Å². The van der Waals surface area contributed by atoms with Crippen molar-refractivity contribution in [3.63, 3.8) is 0 Å². The SMILES string of the molecule is CC\C=C/C=C\C=C/C=C\C=C/CCCCCC(=O)OC(COC(=O)CCCCCCCC/C=C\C/C=C\C/C=C\C/C=C\CC)COC(=O)CCCCCCCCCCCCCC. The van der Waals surface area contributed by atoms with E-state index >= 15 is 0 Å². The molecule has 362 valence electrons. The molecule has 0 aliphatic carbocycles. The van der Waals surface area contributed by atoms with Crippen molar-refractivity contribution in [1.29, 1.82) is 0 Å². The van der Waals surface area contributed by atoms with Crippen molar-refractivity contribution < 1.29 is 28.6 Å². The zero-order valence-corrected chi connectivity index (χ0v) is 41.3. The van der Waals surface area contributed by atoms with E-state index in [2.05, 4.69) is 81.5 Å². The molecule has 0 saturated heterocycles. The summed E-state index contributed by atoms with van der Waals surface area (Å²) in [5, 5.41) is 0. The van der Waals surface area contributed by atoms with Crippen LogP contribution in [0.4, 0.5) is 0 Å². The Labute approximate surface area is 393 Å². The molecular formula is C58H94O6. The van der Waals surface area contributed by atoms with Gasteiger partial charge in [-0.25, -0.2) is 0 Å². The molecule has 0 amide bonds. The van der Waals surface area contributed by atoms with Crippen LogP contribution in [0.2, 0.25) is 0 Å². The van der Waals surface area contributed by atoms with Crippen LogP contribution in [-0.4, -0.2) is 37.2 Å². The molecule has 0 aromatic rings. The fourth-order valence-corrected chi connectivity index (χ4v) is 6.81. The van der Waals surface area contributed by atoms with Gasteiger partial charge >= 0.3 is 17.9 Å². The molecule has 6 heteroatoms. The smallest absolute Gasteiger partial charge is 0.306 e. The lowest BCUT2D eigenvalue weighted by atomic mass is 10.0. The molecule has 64 heavy (non-hydrogen) atoms. The standard InChI is InChI=1S/C58H94O6/c1-4-7-10-13-16-19-22-25-27-28-29-30-32-33-36-39-42-45-48-51-57(60)63-54-55(53-62-56(59)50-47-44-41-38-35-24-21-18-15-12-9-6-3)64-58(61)52-49-46-43-40-37-34-31-26-23-20-17-14-11-8-5-2/h7-8,10-11,14,16-17,19-20,23,25-27,29-31,34,37,55H,4-6,9,12-13,15,18,21-22,24,28,32-33,35-36,38-54H2,1-3H3/b10-7-,11-8-,17-14-,19-16-,23-20-,27-25-,30-29-,31-26-,37-34-. The normalized spacial score (nSPS) is 13.0. The van der Waals surface area contributed by atoms with Crippen LogP contribution in [0.1, 0.15) is 220 Å². The van der Waals surface area contributed by atoms with Gasteiger partial charge in [-0.3, -0.25) is 14.4 Å². The van der Waals surface area contributed by atoms with E-state index < -0.39 is 6.10 Å². The summed E-state index contributed by atoms with van der Waals surface area (Å²) in [5.74, 6) is -0.961. The molecule has 1 unspecified atom stereocenters. The van der Waals surface area contributed by atoms with Crippen molar-refractivity contribution in [2.24, 2.45) is 0 Å². The summed E-state index contributed by atoms with van der Waals surface area (Å²) in [7, 11) is 0. The molecule has 0 rings (SSSR count). The topological polar surface area (TPSA) is 78.9 Å². The summed E-state index contributed by atoms with van der Waals surface area (Å²) >= 11 is 0. The number of rotatable bonds is 45. The lowest BCUT2D eigenvalue weighted by Crippen LogP contribution is -2.30. The summed E-state index contributed by atoms with van der Waals surface area (Å²) < 4.78 is 16.8. The molecule has 0 aromatic heterocycles. The number of carbonyl (C=O) groups excluding carboxylic acids is 3. The highest BCUT2D eigenvalue weighted by atomic mass is 16.6. The van der Waals surface area contributed by atoms with E-state index in [0.29, 0.717) is 19.3 Å². The Morgan fingerprint density at radius 2 is 0.688 bits per heavy atom. The molecule has 0 radical (unpaired) electrons. The molecule has 0 aromatic carbocycles. The third-order valence-electron chi connectivity index (χ3n) is 10.7. The first kappa shape index (κ1) is 60.1. The average molecular weight is 887 g/mol. The zero-order valence-electron chi connectivity index (χ0n) is 41.3. The maximum absolute atomic E-state index is 12.8. The Balaban J connectivity index is 4.48. The number of carbonyl (C=O) groups is 3. The molecule has 0 aliphatic rings. The lowest BCUT2D eigenvalue weighted by Gasteiger charge is -2.18. The molecule has 0 aliphatic heterocycles. The highest BCUT2D eigenvalue weighted by molar-refractivity contribution is 5.71. The van der Waals surface area contributed by atoms with Crippen molar-refractivity contribution >= 4 is 17.9 Å². The van der Waals surface area contributed by atoms with Gasteiger partial charge in [0.25, 0.3) is 0 Å². The van der Waals surface area contributed by atoms with Gasteiger partial charge in [-0.15, -0.1) is 0 Å². The third kappa shape index (κ3) is 49.1. The number of hydrogen-bond acceptors (Lipinski definition) is 6. The second-order valence-electron chi connectivity index (χ2n) is 16.8. The first-order chi connectivity index (χ1) is 31.5. The van der Waals surface area contributed by atoms with E-state index in [-0.39, 0.29) is 37.5 Å². The molecule has 1 atom stereocenters. The maximum Gasteiger partial charge on any atom is 0.306 e. The average Bonchev–Trinajstić information content (AvgIpc) is 3.29. The number of esters is 3. The minimum Gasteiger partial charge on any atom is -0.462 e. The van der Waals surface area contributed by atoms with Crippen LogP contribution in [0.25, 0.3) is 0 Å². The molecule has 0 fully saturated rings. The van der Waals surface area contributed by atoms with Gasteiger partial charge in [0.1, 0.15) is 13.2 Å². The lowest BCUT2D eigenvalue weighted by molar-refractivity contribution is -0.167. The Hall–Kier alpha value is -3.93. The summed E-state index contributed by atoms with van der Waals surface area (Å²) in [5.41, 5.74) is 0. The van der Waals surface area contributed by atoms with Gasteiger partial charge in [-0.2, -0.15) is 0 Å². The first-order valence-electron chi connectivity index (χ1n) is 26.0. The van der Waals surface area contributed by atoms with Gasteiger partial charge in [0.15, 0.2) is 6.10 Å². The Kier molecular flexibility index (Phi) is 48.5. The van der Waals surface area contributed by atoms with Crippen LogP contribution >= 0.6 is 0 Å². The van der Waals surface area contributed by atoms with Crippen molar-refractivity contribution in [2.45, 2.75) is 226 Å². The van der Waals surface area contributed by atoms with Crippen LogP contribution in [0.5, 0.6) is 0 Å². The number of hydrogen-bond donors (Lipinski definition) is 0. The largest absolute Gasteiger partial charge is 0.462 e. The highest BCUT2D eigenvalue weighted by Crippen LogP contribution is 2.14. The van der Waals surface area contributed by atoms with Crippen LogP contribution < -0.4 is 0 Å². The second-order valence-corrected chi connectivity index (χ2v) is 16.8. The first-order valence-corrected chi connectivity index (χ1v) is 26.0. The van der Waals surface area contributed by atoms with Crippen molar-refractivity contribution in [1.82, 2.24) is 0 Å². The minimum atomic E-state index is -0.806. The van der Waals surface area contributed by atoms with Crippen molar-refractivity contribution in [3.05, 3.63) is 109 Å². The summed E-state index contributed by atoms with van der Waals surface area (Å²) in [6.07, 6.45) is 69.2. The van der Waals surface area contributed by atoms with E-state index in [0.717, 1.165) is 103 Å². The predicted molar refractivity (Wildman–Crippen MR) is 274 cm³/mol. The molecule has 0 spiro atoms. The molecule has 0 heterocycles. The monoisotopic (exact) mass is 887 g/mol. The highest BCUT2D eigenvalue weighted by Gasteiger charge is 2.19. The molecule has 0 bridgehead atoms. The predicted octanol–water partition coefficient (Wildman–Crippen LogP) is 17.1. The van der Waals surface area contributed by atoms with E-state index in [1.54, 1.807) is 0 Å². The summed E-state index contributed by atoms with van der Waals surface area (Å²) in [6.45, 7) is 6.32. The number of unbranched alkanes of at least 4 members (excludes halogenated alkanes) is 20. The Morgan fingerprint density at radius 3 is 1.16 bits per heavy atom. The third-order valence-corrected chi connectivity index (χ3v) is 10.7. The number of allylic oxidation sites excluding steroid dienone is 18. The van der Waals surface area contributed by atoms with Crippen LogP contribution in [0, 0.1) is 0 Å². The number of ether oxygens (including phenoxy) is 3. The van der Waals surface area contributed by atoms with E-state index in [1.807, 2.05) is 48.6 Å². The fourth-order valence-electron chi connectivity index (χ4n) is 6.81. The van der Waals surface area contributed by atoms with Gasteiger partial charge in [-0.05, 0) is 77.0 Å². The molecule has 0 N–H and O–H groups in total. The van der Waals surface area contributed by atoms with Crippen LogP contribution in [0.15, 0.2) is 109 Å². The van der Waals surface area contributed by atoms with Gasteiger partial charge < -0.3 is 14.2 Å². The van der Waals surface area contributed by atoms with E-state index in [1.165, 1.54) is 70.6 Å². The van der Waals surface area contributed by atoms with Gasteiger partial charge in [0.05, 0.1) is 0 Å². The minimum absolute atomic E-state index is 0.100. The van der Waals surface area contributed by atoms with Gasteiger partial charge in [0.2, 0.25) is 0 Å². The fraction of sp³-hybridized carbons (Fsp3) is 0.638. The van der Waals surface area contributed by atoms with E-state index in [4.69, 9.17) is 14.2 Å². The summed E-state index contributed by atoms with van der Waals surface area (Å²) in [4.78, 5) is 38.0. The van der Waals surface area contributed by atoms with Gasteiger partial charge in [0, 0.05) is 19.3 Å². The maximum atomic E-state index is 12.8. The molecule has 0 saturated carbocycles. The zero-order chi connectivity index (χ0) is 46.5.